The molecule has 0 bridgehead atoms. The number of rotatable bonds is 4. The zero-order valence-corrected chi connectivity index (χ0v) is 11.4. The topological polar surface area (TPSA) is 29.5 Å². The lowest BCUT2D eigenvalue weighted by molar-refractivity contribution is 0.0530. The zero-order valence-electron chi connectivity index (χ0n) is 11.4. The maximum atomic E-state index is 9.70. The van der Waals surface area contributed by atoms with Crippen molar-refractivity contribution >= 4 is 0 Å². The molecular weight excluding hydrogens is 224 g/mol. The molecule has 1 aliphatic rings. The van der Waals surface area contributed by atoms with Gasteiger partial charge in [-0.2, -0.15) is 0 Å². The van der Waals surface area contributed by atoms with Crippen LogP contribution in [0.25, 0.3) is 0 Å². The molecule has 1 aromatic rings. The lowest BCUT2D eigenvalue weighted by Gasteiger charge is -2.28. The smallest absolute Gasteiger partial charge is 0.123 e. The normalized spacial score (nSPS) is 25.7. The number of hydrogen-bond donors (Lipinski definition) is 1. The number of ether oxygens (including phenoxy) is 1. The summed E-state index contributed by atoms with van der Waals surface area (Å²) in [7, 11) is 0. The quantitative estimate of drug-likeness (QED) is 0.876. The van der Waals surface area contributed by atoms with Crippen molar-refractivity contribution in [2.45, 2.75) is 64.1 Å². The van der Waals surface area contributed by atoms with Crippen LogP contribution >= 0.6 is 0 Å². The van der Waals surface area contributed by atoms with Gasteiger partial charge in [-0.15, -0.1) is 0 Å². The summed E-state index contributed by atoms with van der Waals surface area (Å²) in [5, 5.41) is 9.70. The van der Waals surface area contributed by atoms with Gasteiger partial charge in [-0.3, -0.25) is 0 Å². The molecule has 0 saturated heterocycles. The van der Waals surface area contributed by atoms with Crippen LogP contribution in [0, 0.1) is 0 Å². The van der Waals surface area contributed by atoms with Gasteiger partial charge < -0.3 is 9.84 Å². The maximum absolute atomic E-state index is 9.70. The fourth-order valence-electron chi connectivity index (χ4n) is 2.62. The van der Waals surface area contributed by atoms with E-state index in [0.29, 0.717) is 5.92 Å². The summed E-state index contributed by atoms with van der Waals surface area (Å²) < 4.78 is 6.12. The molecule has 1 saturated carbocycles. The summed E-state index contributed by atoms with van der Waals surface area (Å²) in [5.41, 5.74) is 1.29. The minimum atomic E-state index is -0.181. The van der Waals surface area contributed by atoms with Gasteiger partial charge in [0.2, 0.25) is 0 Å². The Hall–Kier alpha value is -1.02. The molecule has 2 heteroatoms. The van der Waals surface area contributed by atoms with Crippen molar-refractivity contribution in [1.82, 2.24) is 0 Å². The van der Waals surface area contributed by atoms with Gasteiger partial charge in [0.15, 0.2) is 0 Å². The average Bonchev–Trinajstić information content (AvgIpc) is 2.38. The molecule has 1 fully saturated rings. The van der Waals surface area contributed by atoms with Crippen molar-refractivity contribution in [1.29, 1.82) is 0 Å². The van der Waals surface area contributed by atoms with Gasteiger partial charge >= 0.3 is 0 Å². The SMILES string of the molecule is CCC(C)c1ccccc1OC1CCCC(O)C1. The monoisotopic (exact) mass is 248 g/mol. The van der Waals surface area contributed by atoms with E-state index in [9.17, 15) is 5.11 Å². The summed E-state index contributed by atoms with van der Waals surface area (Å²) in [6.07, 6.45) is 4.94. The van der Waals surface area contributed by atoms with Gasteiger partial charge in [0.1, 0.15) is 11.9 Å². The highest BCUT2D eigenvalue weighted by Crippen LogP contribution is 2.31. The first-order valence-corrected chi connectivity index (χ1v) is 7.14. The van der Waals surface area contributed by atoms with E-state index in [1.165, 1.54) is 5.56 Å². The van der Waals surface area contributed by atoms with Crippen LogP contribution in [0.5, 0.6) is 5.75 Å². The molecule has 0 heterocycles. The molecule has 0 spiro atoms. The minimum absolute atomic E-state index is 0.180. The third-order valence-corrected chi connectivity index (χ3v) is 3.95. The van der Waals surface area contributed by atoms with E-state index in [-0.39, 0.29) is 12.2 Å². The molecule has 0 amide bonds. The summed E-state index contributed by atoms with van der Waals surface area (Å²) in [4.78, 5) is 0. The zero-order chi connectivity index (χ0) is 13.0. The Kier molecular flexibility index (Phi) is 4.65. The van der Waals surface area contributed by atoms with Gasteiger partial charge in [0.05, 0.1) is 6.10 Å². The number of aliphatic hydroxyl groups excluding tert-OH is 1. The number of aliphatic hydroxyl groups is 1. The van der Waals surface area contributed by atoms with Crippen molar-refractivity contribution < 1.29 is 9.84 Å². The van der Waals surface area contributed by atoms with Crippen molar-refractivity contribution in [2.75, 3.05) is 0 Å². The first-order chi connectivity index (χ1) is 8.70. The van der Waals surface area contributed by atoms with Crippen molar-refractivity contribution in [2.24, 2.45) is 0 Å². The molecule has 1 aromatic carbocycles. The molecule has 1 aliphatic carbocycles. The number of benzene rings is 1. The first-order valence-electron chi connectivity index (χ1n) is 7.14. The summed E-state index contributed by atoms with van der Waals surface area (Å²) >= 11 is 0. The Balaban J connectivity index is 2.08. The lowest BCUT2D eigenvalue weighted by atomic mass is 9.94. The van der Waals surface area contributed by atoms with Crippen molar-refractivity contribution in [3.05, 3.63) is 29.8 Å². The maximum Gasteiger partial charge on any atom is 0.123 e. The van der Waals surface area contributed by atoms with E-state index < -0.39 is 0 Å². The van der Waals surface area contributed by atoms with E-state index in [1.54, 1.807) is 0 Å². The Morgan fingerprint density at radius 3 is 2.83 bits per heavy atom. The molecule has 2 nitrogen and oxygen atoms in total. The summed E-state index contributed by atoms with van der Waals surface area (Å²) in [5.74, 6) is 1.53. The number of para-hydroxylation sites is 1. The van der Waals surface area contributed by atoms with E-state index in [4.69, 9.17) is 4.74 Å². The van der Waals surface area contributed by atoms with Crippen LogP contribution in [0.2, 0.25) is 0 Å². The molecule has 0 aromatic heterocycles. The average molecular weight is 248 g/mol. The Morgan fingerprint density at radius 1 is 1.33 bits per heavy atom. The molecule has 3 atom stereocenters. The second-order valence-electron chi connectivity index (χ2n) is 5.41. The van der Waals surface area contributed by atoms with E-state index >= 15 is 0 Å². The van der Waals surface area contributed by atoms with Crippen LogP contribution < -0.4 is 4.74 Å². The Morgan fingerprint density at radius 2 is 2.11 bits per heavy atom. The minimum Gasteiger partial charge on any atom is -0.490 e. The molecule has 1 N–H and O–H groups in total. The standard InChI is InChI=1S/C16H24O2/c1-3-12(2)15-9-4-5-10-16(15)18-14-8-6-7-13(17)11-14/h4-5,9-10,12-14,17H,3,6-8,11H2,1-2H3. The predicted molar refractivity (Wildman–Crippen MR) is 74.0 cm³/mol. The molecule has 100 valence electrons. The van der Waals surface area contributed by atoms with Gasteiger partial charge in [-0.05, 0) is 43.2 Å². The van der Waals surface area contributed by atoms with E-state index in [2.05, 4.69) is 32.0 Å². The van der Waals surface area contributed by atoms with Crippen LogP contribution in [0.4, 0.5) is 0 Å². The van der Waals surface area contributed by atoms with Gasteiger partial charge in [0, 0.05) is 6.42 Å². The van der Waals surface area contributed by atoms with Gasteiger partial charge in [-0.1, -0.05) is 32.0 Å². The Bertz CT molecular complexity index is 375. The first kappa shape index (κ1) is 13.4. The fraction of sp³-hybridized carbons (Fsp3) is 0.625. The van der Waals surface area contributed by atoms with Crippen LogP contribution in [-0.2, 0) is 0 Å². The van der Waals surface area contributed by atoms with Crippen LogP contribution in [0.3, 0.4) is 0 Å². The summed E-state index contributed by atoms with van der Waals surface area (Å²) in [6.45, 7) is 4.43. The molecule has 0 radical (unpaired) electrons. The number of hydrogen-bond acceptors (Lipinski definition) is 2. The largest absolute Gasteiger partial charge is 0.490 e. The Labute approximate surface area is 110 Å². The molecular formula is C16H24O2. The van der Waals surface area contributed by atoms with E-state index in [0.717, 1.165) is 37.9 Å². The third kappa shape index (κ3) is 3.26. The lowest BCUT2D eigenvalue weighted by Crippen LogP contribution is -2.28. The second kappa shape index (κ2) is 6.24. The highest BCUT2D eigenvalue weighted by atomic mass is 16.5. The fourth-order valence-corrected chi connectivity index (χ4v) is 2.62. The van der Waals surface area contributed by atoms with Crippen LogP contribution in [0.15, 0.2) is 24.3 Å². The molecule has 2 rings (SSSR count). The van der Waals surface area contributed by atoms with Crippen LogP contribution in [-0.4, -0.2) is 17.3 Å². The highest BCUT2D eigenvalue weighted by Gasteiger charge is 2.22. The highest BCUT2D eigenvalue weighted by molar-refractivity contribution is 5.36. The summed E-state index contributed by atoms with van der Waals surface area (Å²) in [6, 6.07) is 8.32. The van der Waals surface area contributed by atoms with Gasteiger partial charge in [-0.25, -0.2) is 0 Å². The molecule has 18 heavy (non-hydrogen) atoms. The molecule has 0 aliphatic heterocycles. The van der Waals surface area contributed by atoms with E-state index in [1.807, 2.05) is 6.07 Å². The predicted octanol–water partition coefficient (Wildman–Crippen LogP) is 3.88. The van der Waals surface area contributed by atoms with Crippen molar-refractivity contribution in [3.63, 3.8) is 0 Å². The second-order valence-corrected chi connectivity index (χ2v) is 5.41. The van der Waals surface area contributed by atoms with Gasteiger partial charge in [0.25, 0.3) is 0 Å². The van der Waals surface area contributed by atoms with Crippen molar-refractivity contribution in [3.8, 4) is 5.75 Å². The third-order valence-electron chi connectivity index (χ3n) is 3.95. The molecule has 3 unspecified atom stereocenters. The van der Waals surface area contributed by atoms with Crippen LogP contribution in [0.1, 0.15) is 57.4 Å².